The molecule has 1 aromatic heterocycles. The Balaban J connectivity index is 1.71. The number of carbonyl (C=O) groups excluding carboxylic acids is 2. The summed E-state index contributed by atoms with van der Waals surface area (Å²) in [6.45, 7) is 0. The van der Waals surface area contributed by atoms with Crippen LogP contribution in [-0.4, -0.2) is 17.9 Å². The van der Waals surface area contributed by atoms with Crippen LogP contribution in [0.25, 0.3) is 16.2 Å². The number of thiophene rings is 1. The Kier molecular flexibility index (Phi) is 4.60. The van der Waals surface area contributed by atoms with Crippen LogP contribution in [-0.2, 0) is 14.3 Å². The fraction of sp³-hybridized carbons (Fsp3) is 0.294. The van der Waals surface area contributed by atoms with Gasteiger partial charge in [-0.05, 0) is 31.4 Å². The van der Waals surface area contributed by atoms with Crippen LogP contribution < -0.4 is 0 Å². The molecule has 0 unspecified atom stereocenters. The van der Waals surface area contributed by atoms with Crippen molar-refractivity contribution in [2.24, 2.45) is 0 Å². The maximum absolute atomic E-state index is 11.9. The van der Waals surface area contributed by atoms with Crippen LogP contribution in [0.3, 0.4) is 0 Å². The number of halogens is 1. The van der Waals surface area contributed by atoms with E-state index in [2.05, 4.69) is 0 Å². The van der Waals surface area contributed by atoms with Crippen molar-refractivity contribution in [3.63, 3.8) is 0 Å². The van der Waals surface area contributed by atoms with Crippen molar-refractivity contribution in [1.82, 2.24) is 0 Å². The summed E-state index contributed by atoms with van der Waals surface area (Å²) >= 11 is 7.83. The molecule has 1 aromatic carbocycles. The fourth-order valence-electron chi connectivity index (χ4n) is 2.54. The molecule has 2 aromatic rings. The number of esters is 1. The van der Waals surface area contributed by atoms with E-state index in [1.807, 2.05) is 24.3 Å². The monoisotopic (exact) mass is 334 g/mol. The minimum absolute atomic E-state index is 0.0212. The third-order valence-electron chi connectivity index (χ3n) is 3.69. The van der Waals surface area contributed by atoms with E-state index in [9.17, 15) is 9.59 Å². The van der Waals surface area contributed by atoms with Gasteiger partial charge in [-0.15, -0.1) is 11.3 Å². The quantitative estimate of drug-likeness (QED) is 0.607. The number of Topliss-reactive ketones (excluding diaryl/α,β-unsaturated/α-hetero) is 1. The van der Waals surface area contributed by atoms with Crippen molar-refractivity contribution in [1.29, 1.82) is 0 Å². The van der Waals surface area contributed by atoms with E-state index in [-0.39, 0.29) is 5.78 Å². The highest BCUT2D eigenvalue weighted by Gasteiger charge is 2.24. The average Bonchev–Trinajstić information content (AvgIpc) is 2.84. The number of ether oxygens (including phenoxy) is 1. The van der Waals surface area contributed by atoms with Gasteiger partial charge in [0.25, 0.3) is 0 Å². The van der Waals surface area contributed by atoms with E-state index in [0.717, 1.165) is 27.8 Å². The third kappa shape index (κ3) is 3.23. The van der Waals surface area contributed by atoms with E-state index in [0.29, 0.717) is 17.9 Å². The minimum Gasteiger partial charge on any atom is -0.451 e. The molecule has 0 spiro atoms. The zero-order chi connectivity index (χ0) is 15.5. The summed E-state index contributed by atoms with van der Waals surface area (Å²) in [7, 11) is 0. The summed E-state index contributed by atoms with van der Waals surface area (Å²) in [4.78, 5) is 24.3. The SMILES string of the molecule is O=C(/C=C/c1sc2ccccc2c1Cl)O[C@H]1CCCCC1=O. The summed E-state index contributed by atoms with van der Waals surface area (Å²) in [5.74, 6) is -0.471. The Bertz CT molecular complexity index is 747. The minimum atomic E-state index is -0.580. The first-order chi connectivity index (χ1) is 10.6. The van der Waals surface area contributed by atoms with Crippen LogP contribution in [0.5, 0.6) is 0 Å². The molecular formula is C17H15ClO3S. The van der Waals surface area contributed by atoms with Crippen LogP contribution in [0.4, 0.5) is 0 Å². The maximum atomic E-state index is 11.9. The largest absolute Gasteiger partial charge is 0.451 e. The molecule has 0 amide bonds. The summed E-state index contributed by atoms with van der Waals surface area (Å²) in [5.41, 5.74) is 0. The average molecular weight is 335 g/mol. The second-order valence-electron chi connectivity index (χ2n) is 5.25. The van der Waals surface area contributed by atoms with Crippen LogP contribution >= 0.6 is 22.9 Å². The molecule has 1 saturated carbocycles. The number of benzene rings is 1. The number of fused-ring (bicyclic) bond motifs is 1. The van der Waals surface area contributed by atoms with Crippen molar-refractivity contribution in [2.75, 3.05) is 0 Å². The van der Waals surface area contributed by atoms with Gasteiger partial charge < -0.3 is 4.74 Å². The molecule has 114 valence electrons. The predicted molar refractivity (Wildman–Crippen MR) is 89.2 cm³/mol. The normalized spacial score (nSPS) is 19.0. The lowest BCUT2D eigenvalue weighted by Crippen LogP contribution is -2.29. The summed E-state index contributed by atoms with van der Waals surface area (Å²) < 4.78 is 6.30. The predicted octanol–water partition coefficient (Wildman–Crippen LogP) is 4.62. The van der Waals surface area contributed by atoms with Gasteiger partial charge in [0.05, 0.1) is 5.02 Å². The summed E-state index contributed by atoms with van der Waals surface area (Å²) in [6, 6.07) is 7.82. The Morgan fingerprint density at radius 3 is 2.91 bits per heavy atom. The number of ketones is 1. The first-order valence-corrected chi connectivity index (χ1v) is 8.43. The smallest absolute Gasteiger partial charge is 0.331 e. The molecule has 1 fully saturated rings. The highest BCUT2D eigenvalue weighted by Crippen LogP contribution is 2.35. The molecule has 5 heteroatoms. The van der Waals surface area contributed by atoms with E-state index >= 15 is 0 Å². The van der Waals surface area contributed by atoms with Crippen LogP contribution in [0, 0.1) is 0 Å². The van der Waals surface area contributed by atoms with Crippen LogP contribution in [0.1, 0.15) is 30.6 Å². The molecule has 0 aliphatic heterocycles. The van der Waals surface area contributed by atoms with E-state index in [1.165, 1.54) is 17.4 Å². The molecule has 3 rings (SSSR count). The van der Waals surface area contributed by atoms with Crippen molar-refractivity contribution < 1.29 is 14.3 Å². The molecule has 3 nitrogen and oxygen atoms in total. The Hall–Kier alpha value is -1.65. The van der Waals surface area contributed by atoms with Gasteiger partial charge in [0.15, 0.2) is 11.9 Å². The Labute approximate surface area is 137 Å². The standard InChI is InChI=1S/C17H15ClO3S/c18-17-11-5-1-4-8-14(11)22-15(17)9-10-16(20)21-13-7-3-2-6-12(13)19/h1,4-5,8-10,13H,2-3,6-7H2/b10-9+/t13-/m0/s1. The molecule has 1 aliphatic rings. The van der Waals surface area contributed by atoms with Gasteiger partial charge in [-0.3, -0.25) is 4.79 Å². The van der Waals surface area contributed by atoms with Crippen molar-refractivity contribution >= 4 is 50.9 Å². The van der Waals surface area contributed by atoms with Crippen molar-refractivity contribution in [3.8, 4) is 0 Å². The number of rotatable bonds is 3. The van der Waals surface area contributed by atoms with E-state index < -0.39 is 12.1 Å². The third-order valence-corrected chi connectivity index (χ3v) is 5.34. The lowest BCUT2D eigenvalue weighted by molar-refractivity contribution is -0.152. The molecule has 0 radical (unpaired) electrons. The van der Waals surface area contributed by atoms with Gasteiger partial charge in [0.1, 0.15) is 0 Å². The molecule has 0 bridgehead atoms. The van der Waals surface area contributed by atoms with Gasteiger partial charge in [-0.2, -0.15) is 0 Å². The molecule has 0 saturated heterocycles. The van der Waals surface area contributed by atoms with E-state index in [4.69, 9.17) is 16.3 Å². The van der Waals surface area contributed by atoms with Gasteiger partial charge in [-0.1, -0.05) is 29.8 Å². The molecule has 0 N–H and O–H groups in total. The van der Waals surface area contributed by atoms with Gasteiger partial charge in [0, 0.05) is 27.5 Å². The molecule has 1 heterocycles. The lowest BCUT2D eigenvalue weighted by Gasteiger charge is -2.19. The van der Waals surface area contributed by atoms with Crippen LogP contribution in [0.15, 0.2) is 30.3 Å². The van der Waals surface area contributed by atoms with Crippen molar-refractivity contribution in [3.05, 3.63) is 40.2 Å². The number of hydrogen-bond donors (Lipinski definition) is 0. The highest BCUT2D eigenvalue weighted by atomic mass is 35.5. The van der Waals surface area contributed by atoms with Crippen LogP contribution in [0.2, 0.25) is 5.02 Å². The zero-order valence-corrected chi connectivity index (χ0v) is 13.5. The molecular weight excluding hydrogens is 320 g/mol. The van der Waals surface area contributed by atoms with Gasteiger partial charge >= 0.3 is 5.97 Å². The second kappa shape index (κ2) is 6.63. The zero-order valence-electron chi connectivity index (χ0n) is 11.9. The van der Waals surface area contributed by atoms with E-state index in [1.54, 1.807) is 6.08 Å². The fourth-order valence-corrected chi connectivity index (χ4v) is 3.94. The summed E-state index contributed by atoms with van der Waals surface area (Å²) in [5, 5.41) is 1.61. The highest BCUT2D eigenvalue weighted by molar-refractivity contribution is 7.20. The maximum Gasteiger partial charge on any atom is 0.331 e. The molecule has 1 atom stereocenters. The molecule has 1 aliphatic carbocycles. The first-order valence-electron chi connectivity index (χ1n) is 7.23. The van der Waals surface area contributed by atoms with Gasteiger partial charge in [-0.25, -0.2) is 4.79 Å². The van der Waals surface area contributed by atoms with Crippen molar-refractivity contribution in [2.45, 2.75) is 31.8 Å². The Morgan fingerprint density at radius 1 is 1.32 bits per heavy atom. The molecule has 22 heavy (non-hydrogen) atoms. The lowest BCUT2D eigenvalue weighted by atomic mass is 9.96. The Morgan fingerprint density at radius 2 is 2.14 bits per heavy atom. The number of hydrogen-bond acceptors (Lipinski definition) is 4. The second-order valence-corrected chi connectivity index (χ2v) is 6.71. The first kappa shape index (κ1) is 15.3. The topological polar surface area (TPSA) is 43.4 Å². The summed E-state index contributed by atoms with van der Waals surface area (Å²) in [6.07, 6.45) is 5.37. The van der Waals surface area contributed by atoms with Gasteiger partial charge in [0.2, 0.25) is 0 Å². The number of carbonyl (C=O) groups is 2.